The summed E-state index contributed by atoms with van der Waals surface area (Å²) in [4.78, 5) is 17.7. The van der Waals surface area contributed by atoms with E-state index in [0.717, 1.165) is 36.6 Å². The molecular weight excluding hydrogens is 354 g/mol. The van der Waals surface area contributed by atoms with Crippen LogP contribution in [-0.2, 0) is 20.0 Å². The Morgan fingerprint density at radius 2 is 1.93 bits per heavy atom. The zero-order chi connectivity index (χ0) is 19.8. The first-order chi connectivity index (χ1) is 13.6. The predicted octanol–water partition coefficient (Wildman–Crippen LogP) is 2.24. The van der Waals surface area contributed by atoms with E-state index < -0.39 is 0 Å². The quantitative estimate of drug-likeness (QED) is 0.380. The summed E-state index contributed by atoms with van der Waals surface area (Å²) in [6.45, 7) is 4.52. The number of fused-ring (bicyclic) bond motifs is 4. The smallest absolute Gasteiger partial charge is 0.427 e. The first-order valence-corrected chi connectivity index (χ1v) is 9.98. The Labute approximate surface area is 162 Å². The molecule has 3 heterocycles. The van der Waals surface area contributed by atoms with E-state index in [4.69, 9.17) is 4.98 Å². The third-order valence-electron chi connectivity index (χ3n) is 5.43. The zero-order valence-electron chi connectivity index (χ0n) is 16.6. The van der Waals surface area contributed by atoms with Crippen LogP contribution in [0.15, 0.2) is 29.1 Å². The minimum absolute atomic E-state index is 0.239. The van der Waals surface area contributed by atoms with Gasteiger partial charge in [-0.05, 0) is 23.9 Å². The van der Waals surface area contributed by atoms with Gasteiger partial charge in [0.2, 0.25) is 5.65 Å². The van der Waals surface area contributed by atoms with Gasteiger partial charge in [-0.2, -0.15) is 0 Å². The van der Waals surface area contributed by atoms with Crippen LogP contribution in [0.1, 0.15) is 45.1 Å². The van der Waals surface area contributed by atoms with Crippen molar-refractivity contribution in [1.29, 1.82) is 0 Å². The van der Waals surface area contributed by atoms with Crippen molar-refractivity contribution < 1.29 is 9.67 Å². The number of aryl methyl sites for hydroxylation is 2. The van der Waals surface area contributed by atoms with Crippen molar-refractivity contribution in [1.82, 2.24) is 19.2 Å². The van der Waals surface area contributed by atoms with Crippen molar-refractivity contribution in [3.8, 4) is 5.88 Å². The molecule has 0 N–H and O–H groups in total. The topological polar surface area (TPSA) is 79.1 Å². The molecule has 7 nitrogen and oxygen atoms in total. The third kappa shape index (κ3) is 2.73. The van der Waals surface area contributed by atoms with Crippen LogP contribution in [0.3, 0.4) is 0 Å². The zero-order valence-corrected chi connectivity index (χ0v) is 16.6. The van der Waals surface area contributed by atoms with Gasteiger partial charge in [-0.15, -0.1) is 0 Å². The summed E-state index contributed by atoms with van der Waals surface area (Å²) in [6.07, 6.45) is 4.55. The lowest BCUT2D eigenvalue weighted by Gasteiger charge is -2.16. The Morgan fingerprint density at radius 3 is 2.68 bits per heavy atom. The van der Waals surface area contributed by atoms with Crippen LogP contribution in [0, 0.1) is 0 Å². The largest absolute Gasteiger partial charge is 0.848 e. The molecule has 0 aliphatic heterocycles. The van der Waals surface area contributed by atoms with Gasteiger partial charge in [-0.1, -0.05) is 60.9 Å². The molecule has 4 rings (SSSR count). The average Bonchev–Trinajstić information content (AvgIpc) is 2.99. The monoisotopic (exact) mass is 379 g/mol. The maximum atomic E-state index is 13.0. The summed E-state index contributed by atoms with van der Waals surface area (Å²) < 4.78 is 4.90. The molecule has 0 radical (unpaired) electrons. The second kappa shape index (κ2) is 7.22. The van der Waals surface area contributed by atoms with Gasteiger partial charge in [0.15, 0.2) is 5.52 Å². The Kier molecular flexibility index (Phi) is 4.75. The van der Waals surface area contributed by atoms with Gasteiger partial charge in [0.05, 0.1) is 17.6 Å². The minimum Gasteiger partial charge on any atom is -0.848 e. The van der Waals surface area contributed by atoms with E-state index in [1.807, 2.05) is 42.8 Å². The molecular formula is C21H25N5O2. The molecule has 0 saturated carbocycles. The van der Waals surface area contributed by atoms with Gasteiger partial charge < -0.3 is 9.67 Å². The van der Waals surface area contributed by atoms with Gasteiger partial charge in [0, 0.05) is 18.3 Å². The standard InChI is InChI=1S/C21H25N5O2/c1-4-6-7-10-13-25-19(27)14(5-2)20(28)26-21(25)22-18-17(23-26)15-11-8-9-12-16(15)24(18)3/h8-9,11-12H,4-7,10,13H2,1-3H3. The molecule has 28 heavy (non-hydrogen) atoms. The number of nitrogens with zero attached hydrogens (tertiary/aromatic N) is 5. The molecule has 146 valence electrons. The highest BCUT2D eigenvalue weighted by atomic mass is 16.3. The maximum Gasteiger partial charge on any atom is 0.427 e. The van der Waals surface area contributed by atoms with Crippen LogP contribution in [-0.4, -0.2) is 19.2 Å². The molecule has 0 bridgehead atoms. The van der Waals surface area contributed by atoms with Crippen LogP contribution >= 0.6 is 0 Å². The lowest BCUT2D eigenvalue weighted by molar-refractivity contribution is -0.719. The molecule has 7 heteroatoms. The summed E-state index contributed by atoms with van der Waals surface area (Å²) in [7, 11) is 1.93. The molecule has 0 saturated heterocycles. The molecule has 4 aromatic rings. The van der Waals surface area contributed by atoms with E-state index in [0.29, 0.717) is 29.9 Å². The van der Waals surface area contributed by atoms with Crippen LogP contribution < -0.4 is 15.2 Å². The lowest BCUT2D eigenvalue weighted by Crippen LogP contribution is -2.46. The second-order valence-electron chi connectivity index (χ2n) is 7.23. The van der Waals surface area contributed by atoms with Crippen molar-refractivity contribution in [3.63, 3.8) is 0 Å². The first kappa shape index (κ1) is 18.4. The van der Waals surface area contributed by atoms with Crippen molar-refractivity contribution >= 4 is 27.8 Å². The number of aromatic nitrogens is 5. The molecule has 0 aliphatic rings. The number of hydrogen-bond donors (Lipinski definition) is 0. The van der Waals surface area contributed by atoms with E-state index in [9.17, 15) is 9.90 Å². The van der Waals surface area contributed by atoms with Gasteiger partial charge in [0.1, 0.15) is 0 Å². The summed E-state index contributed by atoms with van der Waals surface area (Å²) in [6, 6.07) is 7.89. The highest BCUT2D eigenvalue weighted by molar-refractivity contribution is 6.04. The van der Waals surface area contributed by atoms with Gasteiger partial charge >= 0.3 is 11.3 Å². The number of unbranched alkanes of at least 4 members (excludes halogenated alkanes) is 3. The predicted molar refractivity (Wildman–Crippen MR) is 106 cm³/mol. The molecule has 0 amide bonds. The molecule has 0 spiro atoms. The highest BCUT2D eigenvalue weighted by Gasteiger charge is 2.24. The van der Waals surface area contributed by atoms with Crippen molar-refractivity contribution in [2.75, 3.05) is 0 Å². The van der Waals surface area contributed by atoms with Crippen molar-refractivity contribution in [2.45, 2.75) is 52.5 Å². The van der Waals surface area contributed by atoms with Crippen molar-refractivity contribution in [3.05, 3.63) is 40.2 Å². The van der Waals surface area contributed by atoms with E-state index in [-0.39, 0.29) is 17.0 Å². The van der Waals surface area contributed by atoms with E-state index in [2.05, 4.69) is 12.0 Å². The normalized spacial score (nSPS) is 11.8. The van der Waals surface area contributed by atoms with Gasteiger partial charge in [0.25, 0.3) is 0 Å². The first-order valence-electron chi connectivity index (χ1n) is 9.98. The highest BCUT2D eigenvalue weighted by Crippen LogP contribution is 2.24. The Bertz CT molecular complexity index is 1240. The summed E-state index contributed by atoms with van der Waals surface area (Å²) in [5.74, 6) is 0.0820. The molecule has 3 aromatic heterocycles. The second-order valence-corrected chi connectivity index (χ2v) is 7.23. The van der Waals surface area contributed by atoms with E-state index >= 15 is 0 Å². The van der Waals surface area contributed by atoms with Crippen LogP contribution in [0.25, 0.3) is 27.8 Å². The van der Waals surface area contributed by atoms with Crippen molar-refractivity contribution in [2.24, 2.45) is 7.05 Å². The average molecular weight is 379 g/mol. The lowest BCUT2D eigenvalue weighted by atomic mass is 10.2. The van der Waals surface area contributed by atoms with Gasteiger partial charge in [-0.25, -0.2) is 9.36 Å². The number of rotatable bonds is 6. The fraction of sp³-hybridized carbons (Fsp3) is 0.429. The SMILES string of the molecule is CCCCCC[n+]1c([O-])c(CC)c(=O)n2nc3c4ccccc4n(C)c3nc21. The number of hydrogen-bond acceptors (Lipinski definition) is 4. The fourth-order valence-corrected chi connectivity index (χ4v) is 3.86. The summed E-state index contributed by atoms with van der Waals surface area (Å²) >= 11 is 0. The Balaban J connectivity index is 2.04. The van der Waals surface area contributed by atoms with Crippen LogP contribution in [0.5, 0.6) is 5.88 Å². The summed E-state index contributed by atoms with van der Waals surface area (Å²) in [5, 5.41) is 18.6. The fourth-order valence-electron chi connectivity index (χ4n) is 3.86. The minimum atomic E-state index is -0.366. The Hall–Kier alpha value is -2.96. The van der Waals surface area contributed by atoms with Crippen LogP contribution in [0.2, 0.25) is 0 Å². The number of benzene rings is 1. The molecule has 0 unspecified atom stereocenters. The Morgan fingerprint density at radius 1 is 1.14 bits per heavy atom. The molecule has 0 aliphatic carbocycles. The molecule has 0 atom stereocenters. The third-order valence-corrected chi connectivity index (χ3v) is 5.43. The molecule has 1 aromatic carbocycles. The van der Waals surface area contributed by atoms with E-state index in [1.165, 1.54) is 4.52 Å². The molecule has 0 fully saturated rings. The van der Waals surface area contributed by atoms with Crippen LogP contribution in [0.4, 0.5) is 0 Å². The summed E-state index contributed by atoms with van der Waals surface area (Å²) in [5.41, 5.74) is 2.24. The maximum absolute atomic E-state index is 13.0. The van der Waals surface area contributed by atoms with E-state index in [1.54, 1.807) is 4.57 Å². The van der Waals surface area contributed by atoms with Gasteiger partial charge in [-0.3, -0.25) is 0 Å². The number of para-hydroxylation sites is 1.